The first-order chi connectivity index (χ1) is 8.66. The monoisotopic (exact) mass is 361 g/mol. The zero-order valence-electron chi connectivity index (χ0n) is 10.3. The van der Waals surface area contributed by atoms with Crippen LogP contribution in [0.4, 0.5) is 0 Å². The van der Waals surface area contributed by atoms with E-state index in [-0.39, 0.29) is 5.91 Å². The first kappa shape index (κ1) is 13.6. The fraction of sp³-hybridized carbons (Fsp3) is 0.462. The summed E-state index contributed by atoms with van der Waals surface area (Å²) < 4.78 is 12.0. The minimum Gasteiger partial charge on any atom is -0.481 e. The molecular weight excluding hydrogens is 345 g/mol. The molecule has 0 aromatic heterocycles. The van der Waals surface area contributed by atoms with Gasteiger partial charge in [-0.2, -0.15) is 0 Å². The maximum Gasteiger partial charge on any atom is 0.263 e. The minimum absolute atomic E-state index is 0.0251. The number of amides is 1. The van der Waals surface area contributed by atoms with Gasteiger partial charge in [-0.3, -0.25) is 4.79 Å². The SMILES string of the molecule is C[C@H](Oc1cccc(I)c1)C(=O)N1CCOCC1. The Kier molecular flexibility index (Phi) is 4.82. The molecule has 1 aliphatic heterocycles. The van der Waals surface area contributed by atoms with E-state index in [1.54, 1.807) is 11.8 Å². The van der Waals surface area contributed by atoms with Gasteiger partial charge in [0.05, 0.1) is 13.2 Å². The third kappa shape index (κ3) is 3.58. The lowest BCUT2D eigenvalue weighted by molar-refractivity contribution is -0.142. The summed E-state index contributed by atoms with van der Waals surface area (Å²) in [6.07, 6.45) is -0.457. The number of ether oxygens (including phenoxy) is 2. The largest absolute Gasteiger partial charge is 0.481 e. The predicted molar refractivity (Wildman–Crippen MR) is 76.6 cm³/mol. The highest BCUT2D eigenvalue weighted by molar-refractivity contribution is 14.1. The van der Waals surface area contributed by atoms with Gasteiger partial charge in [0.25, 0.3) is 5.91 Å². The second-order valence-electron chi connectivity index (χ2n) is 4.16. The molecule has 1 heterocycles. The molecule has 1 amide bonds. The highest BCUT2D eigenvalue weighted by Crippen LogP contribution is 2.17. The fourth-order valence-electron chi connectivity index (χ4n) is 1.84. The van der Waals surface area contributed by atoms with Gasteiger partial charge in [0.15, 0.2) is 6.10 Å². The van der Waals surface area contributed by atoms with E-state index in [4.69, 9.17) is 9.47 Å². The maximum atomic E-state index is 12.1. The summed E-state index contributed by atoms with van der Waals surface area (Å²) in [5.74, 6) is 0.758. The van der Waals surface area contributed by atoms with Crippen molar-refractivity contribution in [3.05, 3.63) is 27.8 Å². The van der Waals surface area contributed by atoms with Gasteiger partial charge in [-0.15, -0.1) is 0 Å². The number of halogens is 1. The summed E-state index contributed by atoms with van der Waals surface area (Å²) in [7, 11) is 0. The van der Waals surface area contributed by atoms with Crippen molar-refractivity contribution < 1.29 is 14.3 Å². The molecule has 1 fully saturated rings. The number of benzene rings is 1. The van der Waals surface area contributed by atoms with E-state index in [0.717, 1.165) is 9.32 Å². The maximum absolute atomic E-state index is 12.1. The summed E-state index contributed by atoms with van der Waals surface area (Å²) in [6, 6.07) is 7.69. The average Bonchev–Trinajstić information content (AvgIpc) is 2.39. The molecule has 5 heteroatoms. The van der Waals surface area contributed by atoms with Crippen LogP contribution in [0.5, 0.6) is 5.75 Å². The Bertz CT molecular complexity index is 418. The van der Waals surface area contributed by atoms with Gasteiger partial charge in [0, 0.05) is 16.7 Å². The summed E-state index contributed by atoms with van der Waals surface area (Å²) in [5, 5.41) is 0. The van der Waals surface area contributed by atoms with E-state index in [2.05, 4.69) is 22.6 Å². The molecule has 0 aliphatic carbocycles. The zero-order chi connectivity index (χ0) is 13.0. The number of hydrogen-bond donors (Lipinski definition) is 0. The van der Waals surface area contributed by atoms with Crippen molar-refractivity contribution in [3.8, 4) is 5.75 Å². The quantitative estimate of drug-likeness (QED) is 0.773. The smallest absolute Gasteiger partial charge is 0.263 e. The summed E-state index contributed by atoms with van der Waals surface area (Å²) in [6.45, 7) is 4.32. The first-order valence-electron chi connectivity index (χ1n) is 5.95. The molecule has 0 unspecified atom stereocenters. The molecule has 0 N–H and O–H groups in total. The topological polar surface area (TPSA) is 38.8 Å². The van der Waals surface area contributed by atoms with Crippen LogP contribution in [0.2, 0.25) is 0 Å². The number of carbonyl (C=O) groups is 1. The minimum atomic E-state index is -0.457. The van der Waals surface area contributed by atoms with Crippen LogP contribution in [0.25, 0.3) is 0 Å². The number of nitrogens with zero attached hydrogens (tertiary/aromatic N) is 1. The fourth-order valence-corrected chi connectivity index (χ4v) is 2.35. The Morgan fingerprint density at radius 3 is 2.83 bits per heavy atom. The van der Waals surface area contributed by atoms with Crippen molar-refractivity contribution in [3.63, 3.8) is 0 Å². The molecule has 1 aromatic carbocycles. The van der Waals surface area contributed by atoms with E-state index in [1.807, 2.05) is 24.3 Å². The van der Waals surface area contributed by atoms with Crippen molar-refractivity contribution in [2.45, 2.75) is 13.0 Å². The van der Waals surface area contributed by atoms with Gasteiger partial charge in [0.1, 0.15) is 5.75 Å². The summed E-state index contributed by atoms with van der Waals surface area (Å²) in [4.78, 5) is 13.9. The molecule has 98 valence electrons. The Balaban J connectivity index is 1.94. The molecule has 0 bridgehead atoms. The molecule has 2 rings (SSSR count). The van der Waals surface area contributed by atoms with E-state index < -0.39 is 6.10 Å². The zero-order valence-corrected chi connectivity index (χ0v) is 12.4. The second-order valence-corrected chi connectivity index (χ2v) is 5.40. The number of morpholine rings is 1. The van der Waals surface area contributed by atoms with Gasteiger partial charge in [-0.05, 0) is 47.7 Å². The number of hydrogen-bond acceptors (Lipinski definition) is 3. The molecule has 0 spiro atoms. The van der Waals surface area contributed by atoms with Crippen LogP contribution in [-0.2, 0) is 9.53 Å². The summed E-state index contributed by atoms with van der Waals surface area (Å²) in [5.41, 5.74) is 0. The van der Waals surface area contributed by atoms with E-state index in [0.29, 0.717) is 26.3 Å². The van der Waals surface area contributed by atoms with Crippen LogP contribution in [0.3, 0.4) is 0 Å². The standard InChI is InChI=1S/C13H16INO3/c1-10(13(16)15-5-7-17-8-6-15)18-12-4-2-3-11(14)9-12/h2-4,9-10H,5-8H2,1H3/t10-/m0/s1. The molecule has 1 atom stereocenters. The third-order valence-electron chi connectivity index (χ3n) is 2.78. The predicted octanol–water partition coefficient (Wildman–Crippen LogP) is 1.92. The number of rotatable bonds is 3. The van der Waals surface area contributed by atoms with Crippen molar-refractivity contribution in [1.82, 2.24) is 4.90 Å². The van der Waals surface area contributed by atoms with E-state index >= 15 is 0 Å². The van der Waals surface area contributed by atoms with Crippen LogP contribution < -0.4 is 4.74 Å². The van der Waals surface area contributed by atoms with Gasteiger partial charge in [-0.25, -0.2) is 0 Å². The van der Waals surface area contributed by atoms with Gasteiger partial charge >= 0.3 is 0 Å². The van der Waals surface area contributed by atoms with Crippen molar-refractivity contribution >= 4 is 28.5 Å². The van der Waals surface area contributed by atoms with Gasteiger partial charge in [0.2, 0.25) is 0 Å². The summed E-state index contributed by atoms with van der Waals surface area (Å²) >= 11 is 2.22. The van der Waals surface area contributed by atoms with Crippen molar-refractivity contribution in [1.29, 1.82) is 0 Å². The highest BCUT2D eigenvalue weighted by Gasteiger charge is 2.23. The lowest BCUT2D eigenvalue weighted by Gasteiger charge is -2.29. The van der Waals surface area contributed by atoms with Crippen LogP contribution in [0, 0.1) is 3.57 Å². The Labute approximate surface area is 120 Å². The van der Waals surface area contributed by atoms with Crippen molar-refractivity contribution in [2.75, 3.05) is 26.3 Å². The van der Waals surface area contributed by atoms with E-state index in [9.17, 15) is 4.79 Å². The van der Waals surface area contributed by atoms with E-state index in [1.165, 1.54) is 0 Å². The Morgan fingerprint density at radius 2 is 2.17 bits per heavy atom. The molecule has 1 saturated heterocycles. The third-order valence-corrected chi connectivity index (χ3v) is 3.45. The lowest BCUT2D eigenvalue weighted by atomic mass is 10.3. The molecule has 1 aromatic rings. The van der Waals surface area contributed by atoms with Gasteiger partial charge < -0.3 is 14.4 Å². The van der Waals surface area contributed by atoms with Gasteiger partial charge in [-0.1, -0.05) is 6.07 Å². The Hall–Kier alpha value is -0.820. The molecule has 1 aliphatic rings. The molecule has 4 nitrogen and oxygen atoms in total. The molecule has 0 radical (unpaired) electrons. The molecular formula is C13H16INO3. The van der Waals surface area contributed by atoms with Crippen LogP contribution in [0.1, 0.15) is 6.92 Å². The second kappa shape index (κ2) is 6.38. The Morgan fingerprint density at radius 1 is 1.44 bits per heavy atom. The number of carbonyl (C=O) groups excluding carboxylic acids is 1. The lowest BCUT2D eigenvalue weighted by Crippen LogP contribution is -2.46. The van der Waals surface area contributed by atoms with Crippen molar-refractivity contribution in [2.24, 2.45) is 0 Å². The first-order valence-corrected chi connectivity index (χ1v) is 7.03. The van der Waals surface area contributed by atoms with Crippen LogP contribution in [0.15, 0.2) is 24.3 Å². The average molecular weight is 361 g/mol. The van der Waals surface area contributed by atoms with Crippen LogP contribution >= 0.6 is 22.6 Å². The van der Waals surface area contributed by atoms with Crippen LogP contribution in [-0.4, -0.2) is 43.2 Å². The highest BCUT2D eigenvalue weighted by atomic mass is 127. The molecule has 18 heavy (non-hydrogen) atoms. The normalized spacial score (nSPS) is 17.3. The molecule has 0 saturated carbocycles.